The van der Waals surface area contributed by atoms with Gasteiger partial charge >= 0.3 is 0 Å². The van der Waals surface area contributed by atoms with Crippen molar-refractivity contribution in [2.24, 2.45) is 7.05 Å². The summed E-state index contributed by atoms with van der Waals surface area (Å²) in [5.41, 5.74) is 2.14. The average molecular weight is 287 g/mol. The number of aromatic nitrogens is 4. The van der Waals surface area contributed by atoms with Crippen molar-refractivity contribution in [1.29, 1.82) is 0 Å². The minimum atomic E-state index is 0.167. The van der Waals surface area contributed by atoms with Gasteiger partial charge in [0.1, 0.15) is 0 Å². The topological polar surface area (TPSA) is 66.8 Å². The molecule has 0 bridgehead atoms. The molecule has 2 aromatic heterocycles. The molecule has 2 aromatic rings. The molecule has 112 valence electrons. The van der Waals surface area contributed by atoms with Gasteiger partial charge < -0.3 is 9.88 Å². The fourth-order valence-corrected chi connectivity index (χ4v) is 3.06. The van der Waals surface area contributed by atoms with Gasteiger partial charge in [0.05, 0.1) is 18.1 Å². The van der Waals surface area contributed by atoms with Crippen LogP contribution in [-0.4, -0.2) is 37.1 Å². The number of rotatable bonds is 4. The van der Waals surface area contributed by atoms with E-state index < -0.39 is 0 Å². The molecule has 6 heteroatoms. The number of amides is 1. The first kappa shape index (κ1) is 13.9. The van der Waals surface area contributed by atoms with Crippen molar-refractivity contribution in [1.82, 2.24) is 24.6 Å². The van der Waals surface area contributed by atoms with E-state index in [0.717, 1.165) is 30.8 Å². The number of nitrogens with one attached hydrogen (secondary N) is 1. The zero-order chi connectivity index (χ0) is 14.7. The maximum absolute atomic E-state index is 12.6. The van der Waals surface area contributed by atoms with Gasteiger partial charge in [0, 0.05) is 38.1 Å². The molecule has 1 unspecified atom stereocenters. The molecule has 3 heterocycles. The summed E-state index contributed by atoms with van der Waals surface area (Å²) in [6, 6.07) is 2.19. The molecule has 1 amide bonds. The van der Waals surface area contributed by atoms with Crippen molar-refractivity contribution in [3.8, 4) is 0 Å². The number of hydrogen-bond acceptors (Lipinski definition) is 3. The molecule has 21 heavy (non-hydrogen) atoms. The lowest BCUT2D eigenvalue weighted by Gasteiger charge is -2.36. The average Bonchev–Trinajstić information content (AvgIpc) is 3.16. The first-order valence-corrected chi connectivity index (χ1v) is 7.50. The predicted molar refractivity (Wildman–Crippen MR) is 78.4 cm³/mol. The third-order valence-electron chi connectivity index (χ3n) is 4.19. The number of aryl methyl sites for hydroxylation is 2. The Morgan fingerprint density at radius 3 is 3.10 bits per heavy atom. The fourth-order valence-electron chi connectivity index (χ4n) is 3.06. The monoisotopic (exact) mass is 287 g/mol. The van der Waals surface area contributed by atoms with Crippen LogP contribution in [0.3, 0.4) is 0 Å². The van der Waals surface area contributed by atoms with Gasteiger partial charge in [-0.15, -0.1) is 0 Å². The maximum Gasteiger partial charge on any atom is 0.223 e. The smallest absolute Gasteiger partial charge is 0.223 e. The van der Waals surface area contributed by atoms with Gasteiger partial charge in [-0.3, -0.25) is 9.48 Å². The Morgan fingerprint density at radius 2 is 2.38 bits per heavy atom. The number of carbonyl (C=O) groups excluding carboxylic acids is 1. The van der Waals surface area contributed by atoms with E-state index in [4.69, 9.17) is 0 Å². The molecule has 1 aliphatic heterocycles. The van der Waals surface area contributed by atoms with Crippen LogP contribution in [0.25, 0.3) is 0 Å². The third kappa shape index (κ3) is 2.99. The first-order chi connectivity index (χ1) is 10.3. The van der Waals surface area contributed by atoms with Crippen LogP contribution in [-0.2, 0) is 18.3 Å². The molecule has 0 aliphatic carbocycles. The highest BCUT2D eigenvalue weighted by atomic mass is 16.2. The van der Waals surface area contributed by atoms with Gasteiger partial charge in [-0.25, -0.2) is 4.98 Å². The fraction of sp³-hybridized carbons (Fsp3) is 0.533. The highest BCUT2D eigenvalue weighted by molar-refractivity contribution is 5.77. The van der Waals surface area contributed by atoms with Crippen LogP contribution in [0.1, 0.15) is 43.1 Å². The van der Waals surface area contributed by atoms with E-state index in [0.29, 0.717) is 12.8 Å². The van der Waals surface area contributed by atoms with Crippen molar-refractivity contribution < 1.29 is 4.79 Å². The lowest BCUT2D eigenvalue weighted by Crippen LogP contribution is -2.39. The predicted octanol–water partition coefficient (Wildman–Crippen LogP) is 1.83. The number of piperidine rings is 1. The molecule has 0 aromatic carbocycles. The van der Waals surface area contributed by atoms with E-state index in [2.05, 4.69) is 15.1 Å². The summed E-state index contributed by atoms with van der Waals surface area (Å²) in [6.45, 7) is 0.845. The van der Waals surface area contributed by atoms with Crippen LogP contribution < -0.4 is 0 Å². The Bertz CT molecular complexity index is 589. The summed E-state index contributed by atoms with van der Waals surface area (Å²) in [7, 11) is 1.94. The molecular weight excluding hydrogens is 266 g/mol. The van der Waals surface area contributed by atoms with Crippen LogP contribution in [0.2, 0.25) is 0 Å². The summed E-state index contributed by atoms with van der Waals surface area (Å²) in [6.07, 6.45) is 9.75. The second-order valence-corrected chi connectivity index (χ2v) is 5.56. The highest BCUT2D eigenvalue weighted by Gasteiger charge is 2.29. The highest BCUT2D eigenvalue weighted by Crippen LogP contribution is 2.31. The van der Waals surface area contributed by atoms with E-state index in [1.165, 1.54) is 6.42 Å². The number of aromatic amines is 1. The summed E-state index contributed by atoms with van der Waals surface area (Å²) >= 11 is 0. The molecule has 1 saturated heterocycles. The number of H-pyrrole nitrogens is 1. The Morgan fingerprint density at radius 1 is 1.48 bits per heavy atom. The van der Waals surface area contributed by atoms with E-state index in [1.54, 1.807) is 18.7 Å². The number of likely N-dealkylation sites (tertiary alicyclic amines) is 1. The van der Waals surface area contributed by atoms with Gasteiger partial charge in [0.15, 0.2) is 0 Å². The molecular formula is C15H21N5O. The molecule has 0 saturated carbocycles. The minimum absolute atomic E-state index is 0.167. The lowest BCUT2D eigenvalue weighted by molar-refractivity contribution is -0.135. The Kier molecular flexibility index (Phi) is 4.03. The zero-order valence-corrected chi connectivity index (χ0v) is 12.3. The minimum Gasteiger partial charge on any atom is -0.348 e. The van der Waals surface area contributed by atoms with Crippen molar-refractivity contribution in [3.63, 3.8) is 0 Å². The quantitative estimate of drug-likeness (QED) is 0.933. The third-order valence-corrected chi connectivity index (χ3v) is 4.19. The molecule has 1 aliphatic rings. The summed E-state index contributed by atoms with van der Waals surface area (Å²) in [5, 5.41) is 4.24. The Labute approximate surface area is 124 Å². The molecule has 1 atom stereocenters. The second-order valence-electron chi connectivity index (χ2n) is 5.56. The molecule has 1 fully saturated rings. The van der Waals surface area contributed by atoms with Crippen LogP contribution in [0.5, 0.6) is 0 Å². The molecule has 0 spiro atoms. The maximum atomic E-state index is 12.6. The summed E-state index contributed by atoms with van der Waals surface area (Å²) in [5.74, 6) is 0.218. The van der Waals surface area contributed by atoms with Crippen LogP contribution in [0, 0.1) is 0 Å². The van der Waals surface area contributed by atoms with Crippen LogP contribution in [0.4, 0.5) is 0 Å². The van der Waals surface area contributed by atoms with Crippen LogP contribution in [0.15, 0.2) is 24.8 Å². The van der Waals surface area contributed by atoms with Crippen molar-refractivity contribution in [2.45, 2.75) is 38.1 Å². The number of imidazole rings is 1. The van der Waals surface area contributed by atoms with Gasteiger partial charge in [-0.2, -0.15) is 5.10 Å². The number of hydrogen-bond donors (Lipinski definition) is 1. The standard InChI is InChI=1S/C15H21N5O/c1-19-13(7-8-18-19)14-4-2-3-9-20(14)15(21)6-5-12-10-16-11-17-12/h7-8,10-11,14H,2-6,9H2,1H3,(H,16,17). The van der Waals surface area contributed by atoms with Crippen molar-refractivity contribution in [2.75, 3.05) is 6.54 Å². The second kappa shape index (κ2) is 6.11. The van der Waals surface area contributed by atoms with E-state index >= 15 is 0 Å². The molecule has 0 radical (unpaired) electrons. The summed E-state index contributed by atoms with van der Waals surface area (Å²) < 4.78 is 1.88. The number of nitrogens with zero attached hydrogens (tertiary/aromatic N) is 4. The van der Waals surface area contributed by atoms with E-state index in [9.17, 15) is 4.79 Å². The Balaban J connectivity index is 1.69. The van der Waals surface area contributed by atoms with Gasteiger partial charge in [0.25, 0.3) is 0 Å². The largest absolute Gasteiger partial charge is 0.348 e. The molecule has 3 rings (SSSR count). The number of carbonyl (C=O) groups is 1. The van der Waals surface area contributed by atoms with E-state index in [-0.39, 0.29) is 11.9 Å². The van der Waals surface area contributed by atoms with E-state index in [1.807, 2.05) is 22.7 Å². The van der Waals surface area contributed by atoms with Crippen molar-refractivity contribution >= 4 is 5.91 Å². The van der Waals surface area contributed by atoms with Gasteiger partial charge in [-0.05, 0) is 31.7 Å². The zero-order valence-electron chi connectivity index (χ0n) is 12.3. The summed E-state index contributed by atoms with van der Waals surface area (Å²) in [4.78, 5) is 21.6. The molecule has 6 nitrogen and oxygen atoms in total. The van der Waals surface area contributed by atoms with Crippen molar-refractivity contribution in [3.05, 3.63) is 36.2 Å². The Hall–Kier alpha value is -2.11. The first-order valence-electron chi connectivity index (χ1n) is 7.50. The normalized spacial score (nSPS) is 18.9. The van der Waals surface area contributed by atoms with Crippen LogP contribution >= 0.6 is 0 Å². The lowest BCUT2D eigenvalue weighted by atomic mass is 9.98. The molecule has 1 N–H and O–H groups in total. The SMILES string of the molecule is Cn1nccc1C1CCCCN1C(=O)CCc1cnc[nH]1. The van der Waals surface area contributed by atoms with Gasteiger partial charge in [0.2, 0.25) is 5.91 Å². The van der Waals surface area contributed by atoms with Gasteiger partial charge in [-0.1, -0.05) is 0 Å².